The Morgan fingerprint density at radius 1 is 0.583 bits per heavy atom. The molecule has 0 amide bonds. The van der Waals surface area contributed by atoms with E-state index in [9.17, 15) is 0 Å². The predicted molar refractivity (Wildman–Crippen MR) is 167 cm³/mol. The molecule has 2 atom stereocenters. The van der Waals surface area contributed by atoms with E-state index < -0.39 is 14.0 Å². The zero-order valence-corrected chi connectivity index (χ0v) is 29.3. The summed E-state index contributed by atoms with van der Waals surface area (Å²) in [6.45, 7) is 23.9. The minimum absolute atomic E-state index is 0. The van der Waals surface area contributed by atoms with E-state index in [0.29, 0.717) is 8.45 Å². The van der Waals surface area contributed by atoms with Crippen molar-refractivity contribution in [1.82, 2.24) is 0 Å². The number of hydrogen-bond donors (Lipinski definition) is 0. The van der Waals surface area contributed by atoms with E-state index in [-0.39, 0.29) is 35.6 Å². The van der Waals surface area contributed by atoms with Gasteiger partial charge in [0.25, 0.3) is 0 Å². The Balaban J connectivity index is 0.00000228. The average Bonchev–Trinajstić information content (AvgIpc) is 3.29. The molecule has 2 aromatic rings. The molecule has 0 saturated carbocycles. The molecule has 36 heavy (non-hydrogen) atoms. The third kappa shape index (κ3) is 4.82. The summed E-state index contributed by atoms with van der Waals surface area (Å²) >= 11 is -3.34. The molecular formula is C32H48Cl2SiTi. The van der Waals surface area contributed by atoms with Crippen molar-refractivity contribution < 1.29 is 14.0 Å². The quantitative estimate of drug-likeness (QED) is 0.311. The normalized spacial score (nSPS) is 19.6. The van der Waals surface area contributed by atoms with Gasteiger partial charge < -0.3 is 0 Å². The third-order valence-corrected chi connectivity index (χ3v) is 20.0. The Morgan fingerprint density at radius 3 is 1.14 bits per heavy atom. The molecule has 0 N–H and O–H groups in total. The van der Waals surface area contributed by atoms with Crippen molar-refractivity contribution in [2.75, 3.05) is 0 Å². The Kier molecular flexibility index (Phi) is 8.41. The Hall–Kier alpha value is -0.569. The van der Waals surface area contributed by atoms with Crippen LogP contribution in [0, 0.1) is 38.5 Å². The molecule has 2 aromatic carbocycles. The van der Waals surface area contributed by atoms with Crippen LogP contribution in [0.3, 0.4) is 0 Å². The molecule has 2 unspecified atom stereocenters. The van der Waals surface area contributed by atoms with Crippen LogP contribution in [0.2, 0.25) is 10.5 Å². The number of aryl methyl sites for hydroxylation is 4. The van der Waals surface area contributed by atoms with Gasteiger partial charge in [-0.05, 0) is 0 Å². The summed E-state index contributed by atoms with van der Waals surface area (Å²) in [5.41, 5.74) is 15.8. The largest absolute Gasteiger partial charge is 0.147 e. The maximum absolute atomic E-state index is 3.34. The van der Waals surface area contributed by atoms with Gasteiger partial charge in [-0.15, -0.1) is 24.8 Å². The van der Waals surface area contributed by atoms with E-state index in [1.165, 1.54) is 33.4 Å². The SMILES string of the molecule is Cc1ccc(C)c2c1C=C(C(C)(C)C)[CH]2[Ti]([CH3])([CH3])(=[SiH2])[CH]1C(C(C)(C)C)=Cc2c(C)ccc(C)c21.Cl.Cl. The van der Waals surface area contributed by atoms with Gasteiger partial charge in [0.05, 0.1) is 0 Å². The van der Waals surface area contributed by atoms with Gasteiger partial charge in [0.15, 0.2) is 0 Å². The van der Waals surface area contributed by atoms with Crippen molar-refractivity contribution in [1.29, 1.82) is 0 Å². The van der Waals surface area contributed by atoms with Crippen LogP contribution in [0.25, 0.3) is 12.2 Å². The second-order valence-electron chi connectivity index (χ2n) is 14.6. The van der Waals surface area contributed by atoms with Crippen LogP contribution in [0.15, 0.2) is 35.4 Å². The fourth-order valence-corrected chi connectivity index (χ4v) is 20.1. The predicted octanol–water partition coefficient (Wildman–Crippen LogP) is 9.77. The van der Waals surface area contributed by atoms with Crippen molar-refractivity contribution in [3.8, 4) is 0 Å². The van der Waals surface area contributed by atoms with E-state index in [1.807, 2.05) is 0 Å². The Bertz CT molecular complexity index is 1240. The van der Waals surface area contributed by atoms with Crippen LogP contribution in [0.1, 0.15) is 94.5 Å². The average molecular weight is 580 g/mol. The first-order chi connectivity index (χ1) is 15.3. The second-order valence-corrected chi connectivity index (χ2v) is 34.7. The van der Waals surface area contributed by atoms with Crippen molar-refractivity contribution in [2.24, 2.45) is 10.8 Å². The molecule has 0 bridgehead atoms. The molecule has 0 heterocycles. The van der Waals surface area contributed by atoms with Gasteiger partial charge in [0, 0.05) is 0 Å². The number of rotatable bonds is 2. The molecule has 4 heteroatoms. The van der Waals surface area contributed by atoms with Crippen molar-refractivity contribution in [3.05, 3.63) is 79.9 Å². The zero-order chi connectivity index (χ0) is 25.6. The van der Waals surface area contributed by atoms with E-state index in [0.717, 1.165) is 0 Å². The van der Waals surface area contributed by atoms with Gasteiger partial charge >= 0.3 is 213 Å². The fourth-order valence-electron chi connectivity index (χ4n) is 7.08. The number of halogens is 2. The Morgan fingerprint density at radius 2 is 0.861 bits per heavy atom. The summed E-state index contributed by atoms with van der Waals surface area (Å²) in [7, 11) is 2.47. The first kappa shape index (κ1) is 31.6. The third-order valence-electron chi connectivity index (χ3n) is 8.87. The van der Waals surface area contributed by atoms with Gasteiger partial charge in [-0.1, -0.05) is 0 Å². The van der Waals surface area contributed by atoms with Crippen molar-refractivity contribution in [3.63, 3.8) is 0 Å². The topological polar surface area (TPSA) is 0 Å². The van der Waals surface area contributed by atoms with Crippen LogP contribution in [0.5, 0.6) is 0 Å². The monoisotopic (exact) mass is 578 g/mol. The van der Waals surface area contributed by atoms with Gasteiger partial charge in [0.2, 0.25) is 0 Å². The standard InChI is InChI=1S/2C15H19.2CH3.2ClH.H2Si.Ti/c2*1-10-6-7-11(2)14-9-12(8-13(10)14)15(3,4)5;;;;;;/h2*6-9H,1-5H3;2*1H3;2*1H;1H2;. The summed E-state index contributed by atoms with van der Waals surface area (Å²) in [5.74, 6) is 0. The fraction of sp³-hybridized carbons (Fsp3) is 0.500. The minimum atomic E-state index is -3.34. The zero-order valence-electron chi connectivity index (χ0n) is 24.6. The van der Waals surface area contributed by atoms with Gasteiger partial charge in [-0.25, -0.2) is 0 Å². The van der Waals surface area contributed by atoms with E-state index >= 15 is 0 Å². The second kappa shape index (κ2) is 9.56. The first-order valence-electron chi connectivity index (χ1n) is 13.1. The van der Waals surface area contributed by atoms with Gasteiger partial charge in [-0.3, -0.25) is 0 Å². The minimum Gasteiger partial charge on any atom is -0.147 e. The van der Waals surface area contributed by atoms with Crippen LogP contribution >= 0.6 is 24.8 Å². The van der Waals surface area contributed by atoms with Gasteiger partial charge in [0.1, 0.15) is 0 Å². The smallest absolute Gasteiger partial charge is 0.147 e. The molecule has 0 nitrogen and oxygen atoms in total. The molecule has 2 aliphatic carbocycles. The van der Waals surface area contributed by atoms with E-state index in [4.69, 9.17) is 0 Å². The number of benzene rings is 2. The van der Waals surface area contributed by atoms with E-state index in [1.54, 1.807) is 22.3 Å². The van der Waals surface area contributed by atoms with Crippen LogP contribution in [-0.2, 0) is 14.0 Å². The van der Waals surface area contributed by atoms with E-state index in [2.05, 4.69) is 124 Å². The number of allylic oxidation sites excluding steroid dienone is 2. The number of fused-ring (bicyclic) bond motifs is 2. The Labute approximate surface area is 236 Å². The maximum Gasteiger partial charge on any atom is -0.147 e. The number of hydrogen-bond acceptors (Lipinski definition) is 0. The van der Waals surface area contributed by atoms with Crippen molar-refractivity contribution in [2.45, 2.75) is 88.1 Å². The van der Waals surface area contributed by atoms with Crippen molar-refractivity contribution >= 4 is 44.6 Å². The molecule has 4 rings (SSSR count). The van der Waals surface area contributed by atoms with Crippen LogP contribution in [0.4, 0.5) is 0 Å². The van der Waals surface area contributed by atoms with Crippen LogP contribution < -0.4 is 0 Å². The maximum atomic E-state index is 2.78. The molecular weight excluding hydrogens is 531 g/mol. The molecule has 0 radical (unpaired) electrons. The molecule has 0 spiro atoms. The summed E-state index contributed by atoms with van der Waals surface area (Å²) in [6, 6.07) is 9.42. The summed E-state index contributed by atoms with van der Waals surface area (Å²) in [4.78, 5) is 0. The molecule has 0 fully saturated rings. The summed E-state index contributed by atoms with van der Waals surface area (Å²) in [6.07, 6.45) is 5.21. The van der Waals surface area contributed by atoms with Gasteiger partial charge in [-0.2, -0.15) is 0 Å². The molecule has 0 aromatic heterocycles. The molecule has 198 valence electrons. The van der Waals surface area contributed by atoms with Crippen LogP contribution in [-0.4, -0.2) is 7.63 Å². The summed E-state index contributed by atoms with van der Waals surface area (Å²) < 4.78 is 1.10. The molecule has 0 saturated heterocycles. The summed E-state index contributed by atoms with van der Waals surface area (Å²) in [5, 5.41) is 5.55. The molecule has 0 aliphatic heterocycles. The molecule has 2 aliphatic rings. The first-order valence-corrected chi connectivity index (χ1v) is 22.0.